The standard InChI is InChI=1S/C21H14Cl2N2O3/c22-16-9-7-15(8-10-16)21(23)19-4-2-1-3-18(19)20(26)24(21)13-14-5-11-17(12-6-14)25(27)28/h1-12H,13H2. The van der Waals surface area contributed by atoms with E-state index in [1.165, 1.54) is 12.1 Å². The molecule has 0 saturated carbocycles. The first-order valence-corrected chi connectivity index (χ1v) is 9.26. The fraction of sp³-hybridized carbons (Fsp3) is 0.0952. The van der Waals surface area contributed by atoms with Crippen LogP contribution in [0.1, 0.15) is 27.0 Å². The summed E-state index contributed by atoms with van der Waals surface area (Å²) in [6.07, 6.45) is 0. The van der Waals surface area contributed by atoms with E-state index in [0.717, 1.165) is 11.1 Å². The van der Waals surface area contributed by atoms with Gasteiger partial charge in [-0.3, -0.25) is 14.9 Å². The second kappa shape index (κ2) is 6.93. The normalized spacial score (nSPS) is 18.2. The lowest BCUT2D eigenvalue weighted by Gasteiger charge is -2.34. The molecule has 0 spiro atoms. The molecule has 28 heavy (non-hydrogen) atoms. The van der Waals surface area contributed by atoms with E-state index in [2.05, 4.69) is 0 Å². The van der Waals surface area contributed by atoms with E-state index >= 15 is 0 Å². The van der Waals surface area contributed by atoms with Gasteiger partial charge >= 0.3 is 0 Å². The summed E-state index contributed by atoms with van der Waals surface area (Å²) in [5, 5.41) is 11.5. The molecule has 1 atom stereocenters. The maximum atomic E-state index is 13.1. The van der Waals surface area contributed by atoms with Gasteiger partial charge in [-0.05, 0) is 29.3 Å². The predicted molar refractivity (Wildman–Crippen MR) is 107 cm³/mol. The van der Waals surface area contributed by atoms with Gasteiger partial charge in [-0.15, -0.1) is 0 Å². The maximum absolute atomic E-state index is 13.1. The lowest BCUT2D eigenvalue weighted by Crippen LogP contribution is -2.39. The van der Waals surface area contributed by atoms with Crippen molar-refractivity contribution in [2.24, 2.45) is 0 Å². The number of halogens is 2. The molecule has 0 saturated heterocycles. The number of alkyl halides is 1. The molecule has 0 aromatic heterocycles. The first-order chi connectivity index (χ1) is 13.4. The fourth-order valence-corrected chi connectivity index (χ4v) is 4.01. The predicted octanol–water partition coefficient (Wildman–Crippen LogP) is 5.34. The Hall–Kier alpha value is -2.89. The van der Waals surface area contributed by atoms with Crippen molar-refractivity contribution >= 4 is 34.8 Å². The summed E-state index contributed by atoms with van der Waals surface area (Å²) in [5.41, 5.74) is 2.69. The van der Waals surface area contributed by atoms with E-state index in [1.807, 2.05) is 12.1 Å². The number of non-ortho nitro benzene ring substituents is 1. The number of carbonyl (C=O) groups excluding carboxylic acids is 1. The SMILES string of the molecule is O=C1c2ccccc2C(Cl)(c2ccc(Cl)cc2)N1Cc1ccc([N+](=O)[O-])cc1. The van der Waals surface area contributed by atoms with Crippen LogP contribution in [0, 0.1) is 10.1 Å². The van der Waals surface area contributed by atoms with E-state index in [0.29, 0.717) is 16.1 Å². The zero-order chi connectivity index (χ0) is 19.9. The topological polar surface area (TPSA) is 63.5 Å². The number of benzene rings is 3. The van der Waals surface area contributed by atoms with Crippen LogP contribution in [0.2, 0.25) is 5.02 Å². The van der Waals surface area contributed by atoms with Gasteiger partial charge in [0.25, 0.3) is 11.6 Å². The minimum absolute atomic E-state index is 0.00498. The van der Waals surface area contributed by atoms with E-state index in [-0.39, 0.29) is 18.1 Å². The molecular formula is C21H14Cl2N2O3. The molecule has 0 radical (unpaired) electrons. The Balaban J connectivity index is 1.79. The van der Waals surface area contributed by atoms with Crippen LogP contribution in [0.25, 0.3) is 0 Å². The third-order valence-electron chi connectivity index (χ3n) is 4.85. The van der Waals surface area contributed by atoms with Gasteiger partial charge in [-0.2, -0.15) is 0 Å². The van der Waals surface area contributed by atoms with Crippen molar-refractivity contribution in [3.05, 3.63) is 110 Å². The van der Waals surface area contributed by atoms with E-state index in [4.69, 9.17) is 23.2 Å². The summed E-state index contributed by atoms with van der Waals surface area (Å²) in [7, 11) is 0. The third-order valence-corrected chi connectivity index (χ3v) is 5.72. The maximum Gasteiger partial charge on any atom is 0.269 e. The van der Waals surface area contributed by atoms with Gasteiger partial charge < -0.3 is 4.90 Å². The molecule has 140 valence electrons. The highest BCUT2D eigenvalue weighted by Gasteiger charge is 2.49. The van der Waals surface area contributed by atoms with Crippen molar-refractivity contribution in [3.8, 4) is 0 Å². The quantitative estimate of drug-likeness (QED) is 0.251. The molecule has 1 heterocycles. The minimum Gasteiger partial charge on any atom is -0.307 e. The Kier molecular flexibility index (Phi) is 4.57. The third kappa shape index (κ3) is 2.93. The van der Waals surface area contributed by atoms with Crippen molar-refractivity contribution in [2.45, 2.75) is 11.5 Å². The van der Waals surface area contributed by atoms with Gasteiger partial charge in [0.1, 0.15) is 0 Å². The van der Waals surface area contributed by atoms with Crippen molar-refractivity contribution in [1.82, 2.24) is 4.90 Å². The minimum atomic E-state index is -1.19. The second-order valence-electron chi connectivity index (χ2n) is 6.49. The largest absolute Gasteiger partial charge is 0.307 e. The Labute approximate surface area is 171 Å². The number of rotatable bonds is 4. The lowest BCUT2D eigenvalue weighted by atomic mass is 9.97. The van der Waals surface area contributed by atoms with Crippen molar-refractivity contribution < 1.29 is 9.72 Å². The Morgan fingerprint density at radius 1 is 0.964 bits per heavy atom. The number of nitro benzene ring substituents is 1. The van der Waals surface area contributed by atoms with E-state index in [1.54, 1.807) is 53.4 Å². The van der Waals surface area contributed by atoms with Crippen LogP contribution >= 0.6 is 23.2 Å². The zero-order valence-electron chi connectivity index (χ0n) is 14.5. The number of fused-ring (bicyclic) bond motifs is 1. The van der Waals surface area contributed by atoms with Gasteiger partial charge in [0, 0.05) is 34.8 Å². The van der Waals surface area contributed by atoms with Gasteiger partial charge in [0.2, 0.25) is 0 Å². The molecule has 7 heteroatoms. The highest BCUT2D eigenvalue weighted by Crippen LogP contribution is 2.48. The molecule has 0 aliphatic carbocycles. The summed E-state index contributed by atoms with van der Waals surface area (Å²) in [6, 6.07) is 20.4. The average Bonchev–Trinajstić information content (AvgIpc) is 2.92. The Morgan fingerprint density at radius 3 is 2.25 bits per heavy atom. The molecule has 1 aliphatic rings. The highest BCUT2D eigenvalue weighted by atomic mass is 35.5. The molecule has 0 N–H and O–H groups in total. The van der Waals surface area contributed by atoms with Crippen molar-refractivity contribution in [3.63, 3.8) is 0 Å². The van der Waals surface area contributed by atoms with Gasteiger partial charge in [0.05, 0.1) is 4.92 Å². The van der Waals surface area contributed by atoms with Gasteiger partial charge in [0.15, 0.2) is 5.00 Å². The van der Waals surface area contributed by atoms with Gasteiger partial charge in [-0.25, -0.2) is 0 Å². The van der Waals surface area contributed by atoms with Crippen molar-refractivity contribution in [2.75, 3.05) is 0 Å². The first kappa shape index (κ1) is 18.5. The number of hydrogen-bond acceptors (Lipinski definition) is 3. The average molecular weight is 413 g/mol. The van der Waals surface area contributed by atoms with Crippen LogP contribution in [0.3, 0.4) is 0 Å². The zero-order valence-corrected chi connectivity index (χ0v) is 16.0. The monoisotopic (exact) mass is 412 g/mol. The highest BCUT2D eigenvalue weighted by molar-refractivity contribution is 6.31. The first-order valence-electron chi connectivity index (χ1n) is 8.51. The van der Waals surface area contributed by atoms with Crippen LogP contribution in [0.5, 0.6) is 0 Å². The number of hydrogen-bond donors (Lipinski definition) is 0. The van der Waals surface area contributed by atoms with Crippen molar-refractivity contribution in [1.29, 1.82) is 0 Å². The van der Waals surface area contributed by atoms with Crippen LogP contribution < -0.4 is 0 Å². The van der Waals surface area contributed by atoms with Crippen LogP contribution in [0.4, 0.5) is 5.69 Å². The summed E-state index contributed by atoms with van der Waals surface area (Å²) in [6.45, 7) is 0.206. The summed E-state index contributed by atoms with van der Waals surface area (Å²) in [5.74, 6) is -0.195. The molecule has 1 unspecified atom stereocenters. The van der Waals surface area contributed by atoms with E-state index < -0.39 is 9.92 Å². The molecule has 1 aliphatic heterocycles. The van der Waals surface area contributed by atoms with Crippen LogP contribution in [-0.2, 0) is 11.5 Å². The number of amides is 1. The molecule has 1 amide bonds. The summed E-state index contributed by atoms with van der Waals surface area (Å²) in [4.78, 5) is 23.9. The lowest BCUT2D eigenvalue weighted by molar-refractivity contribution is -0.384. The molecular weight excluding hydrogens is 399 g/mol. The van der Waals surface area contributed by atoms with Crippen LogP contribution in [0.15, 0.2) is 72.8 Å². The Morgan fingerprint density at radius 2 is 1.61 bits per heavy atom. The van der Waals surface area contributed by atoms with E-state index in [9.17, 15) is 14.9 Å². The fourth-order valence-electron chi connectivity index (χ4n) is 3.46. The second-order valence-corrected chi connectivity index (χ2v) is 7.47. The number of nitro groups is 1. The number of carbonyl (C=O) groups is 1. The smallest absolute Gasteiger partial charge is 0.269 e. The molecule has 0 fully saturated rings. The van der Waals surface area contributed by atoms with Gasteiger partial charge in [-0.1, -0.05) is 65.7 Å². The summed E-state index contributed by atoms with van der Waals surface area (Å²) >= 11 is 13.1. The summed E-state index contributed by atoms with van der Waals surface area (Å²) < 4.78 is 0. The molecule has 4 rings (SSSR count). The number of nitrogens with zero attached hydrogens (tertiary/aromatic N) is 2. The Bertz CT molecular complexity index is 1070. The molecule has 3 aromatic carbocycles. The molecule has 0 bridgehead atoms. The molecule has 5 nitrogen and oxygen atoms in total. The van der Waals surface area contributed by atoms with Crippen LogP contribution in [-0.4, -0.2) is 15.7 Å². The molecule has 3 aromatic rings.